The van der Waals surface area contributed by atoms with Crippen LogP contribution in [0.1, 0.15) is 19.4 Å². The molecule has 0 radical (unpaired) electrons. The topological polar surface area (TPSA) is 93.6 Å². The van der Waals surface area contributed by atoms with E-state index in [4.69, 9.17) is 4.18 Å². The minimum absolute atomic E-state index is 0.00245. The van der Waals surface area contributed by atoms with Gasteiger partial charge in [-0.25, -0.2) is 12.8 Å². The molecule has 0 bridgehead atoms. The first-order valence-electron chi connectivity index (χ1n) is 11.2. The third-order valence-corrected chi connectivity index (χ3v) is 8.45. The van der Waals surface area contributed by atoms with Crippen LogP contribution < -0.4 is 4.18 Å². The van der Waals surface area contributed by atoms with Crippen LogP contribution in [-0.4, -0.2) is 32.7 Å². The normalized spacial score (nSPS) is 12.4. The highest BCUT2D eigenvalue weighted by molar-refractivity contribution is 7.89. The number of sulfonamides is 1. The summed E-state index contributed by atoms with van der Waals surface area (Å²) in [6.07, 6.45) is 1.55. The molecule has 3 aromatic carbocycles. The molecule has 0 N–H and O–H groups in total. The first kappa shape index (κ1) is 25.7. The number of para-hydroxylation sites is 1. The summed E-state index contributed by atoms with van der Waals surface area (Å²) in [5, 5.41) is 0.712. The Bertz CT molecular complexity index is 1580. The van der Waals surface area contributed by atoms with Crippen molar-refractivity contribution in [1.29, 1.82) is 0 Å². The van der Waals surface area contributed by atoms with Gasteiger partial charge in [0, 0.05) is 24.7 Å². The summed E-state index contributed by atoms with van der Waals surface area (Å²) in [5.41, 5.74) is 0.926. The lowest BCUT2D eigenvalue weighted by Gasteiger charge is -2.24. The molecular formula is C26H25FN2O5S2. The van der Waals surface area contributed by atoms with Crippen molar-refractivity contribution in [3.63, 3.8) is 0 Å². The van der Waals surface area contributed by atoms with Crippen LogP contribution in [0.25, 0.3) is 10.9 Å². The van der Waals surface area contributed by atoms with Crippen LogP contribution in [0, 0.1) is 11.7 Å². The third-order valence-electron chi connectivity index (χ3n) is 5.35. The second-order valence-corrected chi connectivity index (χ2v) is 12.1. The van der Waals surface area contributed by atoms with Crippen molar-refractivity contribution in [1.82, 2.24) is 9.29 Å². The van der Waals surface area contributed by atoms with Gasteiger partial charge in [0.1, 0.15) is 21.4 Å². The van der Waals surface area contributed by atoms with E-state index < -0.39 is 26.0 Å². The Hall–Kier alpha value is -3.34. The van der Waals surface area contributed by atoms with Crippen LogP contribution in [0.15, 0.2) is 94.9 Å². The van der Waals surface area contributed by atoms with Crippen molar-refractivity contribution < 1.29 is 25.4 Å². The van der Waals surface area contributed by atoms with Crippen molar-refractivity contribution >= 4 is 31.0 Å². The van der Waals surface area contributed by atoms with Crippen LogP contribution in [0.2, 0.25) is 0 Å². The molecule has 36 heavy (non-hydrogen) atoms. The molecule has 1 heterocycles. The standard InChI is InChI=1S/C26H25FN2O5S2/c1-19(2)17-29(35(30,31)25-10-4-7-21-8-5-15-28-26(21)25)18-20-6-3-9-23(16-20)34-36(32,33)24-13-11-22(27)12-14-24/h3-16,19H,17-18H2,1-2H3. The van der Waals surface area contributed by atoms with E-state index in [0.29, 0.717) is 16.5 Å². The lowest BCUT2D eigenvalue weighted by molar-refractivity contribution is 0.362. The van der Waals surface area contributed by atoms with Gasteiger partial charge in [-0.1, -0.05) is 44.2 Å². The molecule has 0 unspecified atom stereocenters. The molecule has 0 aliphatic carbocycles. The molecule has 0 aliphatic heterocycles. The molecule has 0 amide bonds. The first-order chi connectivity index (χ1) is 17.1. The van der Waals surface area contributed by atoms with Gasteiger partial charge in [0.05, 0.1) is 5.52 Å². The lowest BCUT2D eigenvalue weighted by atomic mass is 10.2. The second kappa shape index (κ2) is 10.3. The maximum Gasteiger partial charge on any atom is 0.339 e. The third kappa shape index (κ3) is 5.72. The summed E-state index contributed by atoms with van der Waals surface area (Å²) in [7, 11) is -8.14. The van der Waals surface area contributed by atoms with Crippen LogP contribution in [-0.2, 0) is 26.7 Å². The fourth-order valence-corrected chi connectivity index (χ4v) is 6.43. The Labute approximate surface area is 210 Å². The quantitative estimate of drug-likeness (QED) is 0.284. The van der Waals surface area contributed by atoms with Gasteiger partial charge in [-0.15, -0.1) is 0 Å². The van der Waals surface area contributed by atoms with E-state index in [2.05, 4.69) is 4.98 Å². The minimum atomic E-state index is -4.20. The molecule has 0 saturated carbocycles. The van der Waals surface area contributed by atoms with Crippen LogP contribution in [0.4, 0.5) is 4.39 Å². The fourth-order valence-electron chi connectivity index (χ4n) is 3.75. The summed E-state index contributed by atoms with van der Waals surface area (Å²) in [6, 6.07) is 19.1. The number of pyridine rings is 1. The highest BCUT2D eigenvalue weighted by Gasteiger charge is 2.28. The van der Waals surface area contributed by atoms with E-state index in [9.17, 15) is 21.2 Å². The van der Waals surface area contributed by atoms with E-state index in [1.165, 1.54) is 22.5 Å². The zero-order valence-corrected chi connectivity index (χ0v) is 21.3. The van der Waals surface area contributed by atoms with Gasteiger partial charge in [-0.05, 0) is 60.0 Å². The maximum atomic E-state index is 13.7. The molecule has 0 aliphatic rings. The van der Waals surface area contributed by atoms with Gasteiger partial charge in [-0.3, -0.25) is 4.98 Å². The van der Waals surface area contributed by atoms with Crippen LogP contribution in [0.5, 0.6) is 5.75 Å². The number of aromatic nitrogens is 1. The molecule has 0 atom stereocenters. The van der Waals surface area contributed by atoms with Crippen LogP contribution in [0.3, 0.4) is 0 Å². The molecule has 7 nitrogen and oxygen atoms in total. The summed E-state index contributed by atoms with van der Waals surface area (Å²) >= 11 is 0. The molecular weight excluding hydrogens is 503 g/mol. The smallest absolute Gasteiger partial charge is 0.339 e. The van der Waals surface area contributed by atoms with Crippen LogP contribution >= 0.6 is 0 Å². The number of fused-ring (bicyclic) bond motifs is 1. The number of hydrogen-bond acceptors (Lipinski definition) is 6. The van der Waals surface area contributed by atoms with E-state index >= 15 is 0 Å². The highest BCUT2D eigenvalue weighted by Crippen LogP contribution is 2.27. The highest BCUT2D eigenvalue weighted by atomic mass is 32.2. The summed E-state index contributed by atoms with van der Waals surface area (Å²) in [6.45, 7) is 4.07. The van der Waals surface area contributed by atoms with E-state index in [0.717, 1.165) is 24.3 Å². The van der Waals surface area contributed by atoms with E-state index in [1.807, 2.05) is 13.8 Å². The van der Waals surface area contributed by atoms with Gasteiger partial charge in [0.25, 0.3) is 0 Å². The lowest BCUT2D eigenvalue weighted by Crippen LogP contribution is -2.34. The van der Waals surface area contributed by atoms with Crippen molar-refractivity contribution in [2.45, 2.75) is 30.2 Å². The Morgan fingerprint density at radius 1 is 0.917 bits per heavy atom. The Balaban J connectivity index is 1.65. The molecule has 4 aromatic rings. The molecule has 0 spiro atoms. The first-order valence-corrected chi connectivity index (χ1v) is 14.0. The Morgan fingerprint density at radius 2 is 1.61 bits per heavy atom. The number of nitrogens with zero attached hydrogens (tertiary/aromatic N) is 2. The average Bonchev–Trinajstić information content (AvgIpc) is 2.83. The second-order valence-electron chi connectivity index (χ2n) is 8.66. The van der Waals surface area contributed by atoms with E-state index in [1.54, 1.807) is 42.6 Å². The minimum Gasteiger partial charge on any atom is -0.379 e. The zero-order chi connectivity index (χ0) is 25.9. The van der Waals surface area contributed by atoms with Crippen molar-refractivity contribution in [3.8, 4) is 5.75 Å². The van der Waals surface area contributed by atoms with Gasteiger partial charge in [-0.2, -0.15) is 12.7 Å². The van der Waals surface area contributed by atoms with Crippen molar-refractivity contribution in [2.24, 2.45) is 5.92 Å². The number of hydrogen-bond donors (Lipinski definition) is 0. The number of rotatable bonds is 9. The Morgan fingerprint density at radius 3 is 2.33 bits per heavy atom. The summed E-state index contributed by atoms with van der Waals surface area (Å²) in [5.74, 6) is -0.518. The SMILES string of the molecule is CC(C)CN(Cc1cccc(OS(=O)(=O)c2ccc(F)cc2)c1)S(=O)(=O)c1cccc2cccnc12. The number of benzene rings is 3. The van der Waals surface area contributed by atoms with E-state index in [-0.39, 0.29) is 34.5 Å². The van der Waals surface area contributed by atoms with Crippen molar-refractivity contribution in [3.05, 3.63) is 96.4 Å². The van der Waals surface area contributed by atoms with Gasteiger partial charge in [0.15, 0.2) is 0 Å². The molecule has 10 heteroatoms. The summed E-state index contributed by atoms with van der Waals surface area (Å²) < 4.78 is 72.5. The molecule has 0 saturated heterocycles. The fraction of sp³-hybridized carbons (Fsp3) is 0.192. The predicted octanol–water partition coefficient (Wildman–Crippen LogP) is 4.99. The van der Waals surface area contributed by atoms with Gasteiger partial charge >= 0.3 is 10.1 Å². The maximum absolute atomic E-state index is 13.7. The monoisotopic (exact) mass is 528 g/mol. The van der Waals surface area contributed by atoms with Gasteiger partial charge in [0.2, 0.25) is 10.0 Å². The van der Waals surface area contributed by atoms with Gasteiger partial charge < -0.3 is 4.18 Å². The molecule has 188 valence electrons. The average molecular weight is 529 g/mol. The summed E-state index contributed by atoms with van der Waals surface area (Å²) in [4.78, 5) is 4.20. The largest absolute Gasteiger partial charge is 0.379 e. The Kier molecular flexibility index (Phi) is 7.39. The predicted molar refractivity (Wildman–Crippen MR) is 135 cm³/mol. The molecule has 1 aromatic heterocycles. The molecule has 4 rings (SSSR count). The zero-order valence-electron chi connectivity index (χ0n) is 19.7. The molecule has 0 fully saturated rings. The van der Waals surface area contributed by atoms with Crippen molar-refractivity contribution in [2.75, 3.05) is 6.54 Å². The number of halogens is 1.